The fourth-order valence-corrected chi connectivity index (χ4v) is 2.88. The highest BCUT2D eigenvalue weighted by Crippen LogP contribution is 2.35. The number of amides is 1. The van der Waals surface area contributed by atoms with E-state index < -0.39 is 0 Å². The Labute approximate surface area is 146 Å². The van der Waals surface area contributed by atoms with E-state index in [9.17, 15) is 4.79 Å². The molecule has 2 aromatic rings. The number of allylic oxidation sites excluding steroid dienone is 1. The third kappa shape index (κ3) is 4.23. The lowest BCUT2D eigenvalue weighted by Crippen LogP contribution is -2.25. The van der Waals surface area contributed by atoms with E-state index in [0.29, 0.717) is 24.0 Å². The zero-order valence-corrected chi connectivity index (χ0v) is 14.5. The monoisotopic (exact) mass is 344 g/mol. The number of benzene rings is 1. The fraction of sp³-hybridized carbons (Fsp3) is 0.389. The topological polar surface area (TPSA) is 59.8 Å². The summed E-state index contributed by atoms with van der Waals surface area (Å²) in [6, 6.07) is 8.12. The lowest BCUT2D eigenvalue weighted by molar-refractivity contribution is -0.116. The van der Waals surface area contributed by atoms with E-state index in [1.165, 1.54) is 12.8 Å². The summed E-state index contributed by atoms with van der Waals surface area (Å²) in [6.07, 6.45) is 7.28. The van der Waals surface area contributed by atoms with Gasteiger partial charge in [-0.15, -0.1) is 10.2 Å². The molecule has 1 aromatic carbocycles. The maximum Gasteiger partial charge on any atom is 0.244 e. The number of hydrogen-bond acceptors (Lipinski definition) is 3. The van der Waals surface area contributed by atoms with Gasteiger partial charge in [0.05, 0.1) is 0 Å². The highest BCUT2D eigenvalue weighted by atomic mass is 35.5. The maximum absolute atomic E-state index is 12.2. The van der Waals surface area contributed by atoms with Gasteiger partial charge >= 0.3 is 0 Å². The molecule has 24 heavy (non-hydrogen) atoms. The summed E-state index contributed by atoms with van der Waals surface area (Å²) in [7, 11) is 0. The van der Waals surface area contributed by atoms with Crippen LogP contribution in [0.25, 0.3) is 5.57 Å². The number of rotatable bonds is 7. The molecule has 0 bridgehead atoms. The minimum absolute atomic E-state index is 0.0932. The first kappa shape index (κ1) is 16.7. The minimum atomic E-state index is -0.0932. The summed E-state index contributed by atoms with van der Waals surface area (Å²) in [5.41, 5.74) is 1.95. The van der Waals surface area contributed by atoms with E-state index in [2.05, 4.69) is 20.1 Å². The lowest BCUT2D eigenvalue weighted by Gasteiger charge is -2.07. The molecule has 1 aromatic heterocycles. The van der Waals surface area contributed by atoms with Crippen molar-refractivity contribution in [3.8, 4) is 0 Å². The highest BCUT2D eigenvalue weighted by Gasteiger charge is 2.25. The van der Waals surface area contributed by atoms with Crippen molar-refractivity contribution in [2.45, 2.75) is 38.6 Å². The molecule has 1 fully saturated rings. The van der Waals surface area contributed by atoms with Gasteiger partial charge in [0.1, 0.15) is 12.2 Å². The summed E-state index contributed by atoms with van der Waals surface area (Å²) in [5, 5.41) is 11.7. The molecule has 6 heteroatoms. The lowest BCUT2D eigenvalue weighted by atomic mass is 10.0. The molecule has 0 unspecified atom stereocenters. The summed E-state index contributed by atoms with van der Waals surface area (Å²) in [5.74, 6) is 0.844. The van der Waals surface area contributed by atoms with Crippen molar-refractivity contribution in [3.63, 3.8) is 0 Å². The van der Waals surface area contributed by atoms with E-state index in [4.69, 9.17) is 11.6 Å². The van der Waals surface area contributed by atoms with Crippen molar-refractivity contribution in [2.75, 3.05) is 6.54 Å². The molecule has 3 rings (SSSR count). The molecule has 0 atom stereocenters. The Morgan fingerprint density at radius 2 is 2.29 bits per heavy atom. The average Bonchev–Trinajstić information content (AvgIpc) is 3.31. The third-order valence-electron chi connectivity index (χ3n) is 4.12. The van der Waals surface area contributed by atoms with Crippen LogP contribution in [0.3, 0.4) is 0 Å². The molecular formula is C18H21ClN4O. The SMILES string of the molecule is CC/C(=C\C(=O)NCCc1nncn1C1CC1)c1cccc(Cl)c1. The van der Waals surface area contributed by atoms with Crippen molar-refractivity contribution in [2.24, 2.45) is 0 Å². The van der Waals surface area contributed by atoms with Gasteiger partial charge in [-0.3, -0.25) is 4.79 Å². The second kappa shape index (κ2) is 7.62. The average molecular weight is 345 g/mol. The quantitative estimate of drug-likeness (QED) is 0.783. The second-order valence-electron chi connectivity index (χ2n) is 5.96. The summed E-state index contributed by atoms with van der Waals surface area (Å²) in [4.78, 5) is 12.2. The zero-order chi connectivity index (χ0) is 16.9. The molecule has 1 aliphatic rings. The molecule has 1 saturated carbocycles. The number of hydrogen-bond donors (Lipinski definition) is 1. The van der Waals surface area contributed by atoms with Gasteiger partial charge in [0.2, 0.25) is 5.91 Å². The zero-order valence-electron chi connectivity index (χ0n) is 13.7. The Balaban J connectivity index is 1.56. The number of aromatic nitrogens is 3. The normalized spacial score (nSPS) is 14.7. The van der Waals surface area contributed by atoms with Crippen LogP contribution in [0.2, 0.25) is 5.02 Å². The Hall–Kier alpha value is -2.14. The van der Waals surface area contributed by atoms with Crippen LogP contribution in [0, 0.1) is 0 Å². The number of carbonyl (C=O) groups excluding carboxylic acids is 1. The molecule has 1 N–H and O–H groups in total. The standard InChI is InChI=1S/C18H21ClN4O/c1-2-13(14-4-3-5-15(19)10-14)11-18(24)20-9-8-17-22-21-12-23(17)16-6-7-16/h3-5,10-12,16H,2,6-9H2,1H3,(H,20,24)/b13-11+. The van der Waals surface area contributed by atoms with Crippen molar-refractivity contribution >= 4 is 23.1 Å². The minimum Gasteiger partial charge on any atom is -0.352 e. The van der Waals surface area contributed by atoms with Gasteiger partial charge in [0.25, 0.3) is 0 Å². The number of nitrogens with one attached hydrogen (secondary N) is 1. The molecule has 126 valence electrons. The summed E-state index contributed by atoms with van der Waals surface area (Å²) in [6.45, 7) is 2.57. The molecule has 1 aliphatic carbocycles. The van der Waals surface area contributed by atoms with Crippen molar-refractivity contribution < 1.29 is 4.79 Å². The first-order valence-electron chi connectivity index (χ1n) is 8.30. The smallest absolute Gasteiger partial charge is 0.244 e. The van der Waals surface area contributed by atoms with Crippen LogP contribution < -0.4 is 5.32 Å². The van der Waals surface area contributed by atoms with Crippen molar-refractivity contribution in [3.05, 3.63) is 53.1 Å². The third-order valence-corrected chi connectivity index (χ3v) is 4.35. The van der Waals surface area contributed by atoms with Crippen LogP contribution in [0.4, 0.5) is 0 Å². The molecule has 0 radical (unpaired) electrons. The van der Waals surface area contributed by atoms with E-state index >= 15 is 0 Å². The van der Waals surface area contributed by atoms with E-state index in [0.717, 1.165) is 23.4 Å². The van der Waals surface area contributed by atoms with Gasteiger partial charge < -0.3 is 9.88 Å². The number of carbonyl (C=O) groups is 1. The van der Waals surface area contributed by atoms with Crippen LogP contribution in [-0.4, -0.2) is 27.2 Å². The first-order valence-corrected chi connectivity index (χ1v) is 8.68. The van der Waals surface area contributed by atoms with E-state index in [-0.39, 0.29) is 5.91 Å². The largest absolute Gasteiger partial charge is 0.352 e. The Morgan fingerprint density at radius 3 is 3.00 bits per heavy atom. The molecule has 1 amide bonds. The van der Waals surface area contributed by atoms with Gasteiger partial charge in [-0.2, -0.15) is 0 Å². The number of halogens is 1. The summed E-state index contributed by atoms with van der Waals surface area (Å²) >= 11 is 6.03. The molecule has 5 nitrogen and oxygen atoms in total. The van der Waals surface area contributed by atoms with Crippen LogP contribution in [0.15, 0.2) is 36.7 Å². The highest BCUT2D eigenvalue weighted by molar-refractivity contribution is 6.30. The van der Waals surface area contributed by atoms with Gasteiger partial charge in [-0.05, 0) is 42.5 Å². The molecule has 0 saturated heterocycles. The Bertz CT molecular complexity index is 749. The van der Waals surface area contributed by atoms with E-state index in [1.54, 1.807) is 12.4 Å². The molecular weight excluding hydrogens is 324 g/mol. The second-order valence-corrected chi connectivity index (χ2v) is 6.40. The van der Waals surface area contributed by atoms with Crippen LogP contribution in [0.5, 0.6) is 0 Å². The predicted molar refractivity (Wildman–Crippen MR) is 94.7 cm³/mol. The predicted octanol–water partition coefficient (Wildman–Crippen LogP) is 3.42. The maximum atomic E-state index is 12.2. The molecule has 1 heterocycles. The molecule has 0 aliphatic heterocycles. The summed E-state index contributed by atoms with van der Waals surface area (Å²) < 4.78 is 2.12. The Kier molecular flexibility index (Phi) is 5.30. The fourth-order valence-electron chi connectivity index (χ4n) is 2.69. The van der Waals surface area contributed by atoms with Gasteiger partial charge in [0, 0.05) is 30.1 Å². The van der Waals surface area contributed by atoms with Gasteiger partial charge in [-0.25, -0.2) is 0 Å². The van der Waals surface area contributed by atoms with Crippen molar-refractivity contribution in [1.82, 2.24) is 20.1 Å². The van der Waals surface area contributed by atoms with E-state index in [1.807, 2.05) is 31.2 Å². The first-order chi connectivity index (χ1) is 11.7. The number of nitrogens with zero attached hydrogens (tertiary/aromatic N) is 3. The van der Waals surface area contributed by atoms with Gasteiger partial charge in [-0.1, -0.05) is 30.7 Å². The van der Waals surface area contributed by atoms with Crippen molar-refractivity contribution in [1.29, 1.82) is 0 Å². The Morgan fingerprint density at radius 1 is 1.46 bits per heavy atom. The van der Waals surface area contributed by atoms with Gasteiger partial charge in [0.15, 0.2) is 0 Å². The van der Waals surface area contributed by atoms with Crippen LogP contribution in [-0.2, 0) is 11.2 Å². The van der Waals surface area contributed by atoms with Crippen LogP contribution in [0.1, 0.15) is 43.6 Å². The molecule has 0 spiro atoms. The van der Waals surface area contributed by atoms with Crippen LogP contribution >= 0.6 is 11.6 Å².